The first-order valence-corrected chi connectivity index (χ1v) is 12.2. The van der Waals surface area contributed by atoms with Crippen molar-refractivity contribution in [3.05, 3.63) is 73.0 Å². The molecule has 3 nitrogen and oxygen atoms in total. The van der Waals surface area contributed by atoms with Crippen molar-refractivity contribution in [3.63, 3.8) is 0 Å². The van der Waals surface area contributed by atoms with E-state index in [2.05, 4.69) is 69.3 Å². The zero-order valence-electron chi connectivity index (χ0n) is 18.1. The molecule has 0 unspecified atom stereocenters. The number of hydrogen-bond acceptors (Lipinski definition) is 3. The first kappa shape index (κ1) is 21.5. The molecule has 1 aliphatic rings. The van der Waals surface area contributed by atoms with E-state index in [1.165, 1.54) is 22.7 Å². The first-order chi connectivity index (χ1) is 13.7. The second-order valence-corrected chi connectivity index (χ2v) is 13.6. The third-order valence-corrected chi connectivity index (χ3v) is 11.1. The van der Waals surface area contributed by atoms with Gasteiger partial charge in [-0.3, -0.25) is 4.79 Å². The van der Waals surface area contributed by atoms with Crippen molar-refractivity contribution >= 4 is 24.5 Å². The van der Waals surface area contributed by atoms with Crippen LogP contribution < -0.4 is 10.4 Å². The van der Waals surface area contributed by atoms with E-state index < -0.39 is 13.7 Å². The van der Waals surface area contributed by atoms with Crippen LogP contribution in [-0.4, -0.2) is 26.8 Å². The average molecular weight is 409 g/mol. The number of benzene rings is 2. The van der Waals surface area contributed by atoms with Gasteiger partial charge in [-0.25, -0.2) is 0 Å². The minimum Gasteiger partial charge on any atom is -0.497 e. The normalized spacial score (nSPS) is 19.1. The number of carbonyl (C=O) groups is 1. The summed E-state index contributed by atoms with van der Waals surface area (Å²) < 4.78 is 12.7. The van der Waals surface area contributed by atoms with Crippen LogP contribution in [0.3, 0.4) is 0 Å². The summed E-state index contributed by atoms with van der Waals surface area (Å²) in [4.78, 5) is 12.3. The molecule has 0 amide bonds. The van der Waals surface area contributed by atoms with Crippen LogP contribution in [0.15, 0.2) is 73.0 Å². The molecule has 0 aliphatic carbocycles. The van der Waals surface area contributed by atoms with Crippen LogP contribution in [0.25, 0.3) is 0 Å². The van der Waals surface area contributed by atoms with E-state index in [1.807, 2.05) is 26.0 Å². The lowest BCUT2D eigenvalue weighted by Crippen LogP contribution is -2.66. The highest BCUT2D eigenvalue weighted by atomic mass is 28.4. The molecule has 0 bridgehead atoms. The molecule has 0 saturated carbocycles. The molecular weight excluding hydrogens is 376 g/mol. The maximum Gasteiger partial charge on any atom is 0.261 e. The van der Waals surface area contributed by atoms with Crippen LogP contribution in [0.5, 0.6) is 0 Å². The molecule has 3 rings (SSSR count). The molecule has 0 aromatic heterocycles. The van der Waals surface area contributed by atoms with Crippen molar-refractivity contribution in [1.29, 1.82) is 0 Å². The molecule has 154 valence electrons. The molecule has 1 aliphatic heterocycles. The minimum atomic E-state index is -2.56. The number of carbonyl (C=O) groups excluding carboxylic acids is 1. The Balaban J connectivity index is 1.94. The summed E-state index contributed by atoms with van der Waals surface area (Å²) in [6.45, 7) is 11.3. The Morgan fingerprint density at radius 2 is 1.48 bits per heavy atom. The van der Waals surface area contributed by atoms with E-state index in [0.717, 1.165) is 0 Å². The summed E-state index contributed by atoms with van der Waals surface area (Å²) in [7, 11) is -2.56. The van der Waals surface area contributed by atoms with Gasteiger partial charge in [0.1, 0.15) is 6.10 Å². The highest BCUT2D eigenvalue weighted by Crippen LogP contribution is 2.37. The number of ketones is 1. The monoisotopic (exact) mass is 408 g/mol. The highest BCUT2D eigenvalue weighted by molar-refractivity contribution is 6.99. The largest absolute Gasteiger partial charge is 0.497 e. The molecule has 0 fully saturated rings. The third kappa shape index (κ3) is 4.10. The minimum absolute atomic E-state index is 0.0611. The van der Waals surface area contributed by atoms with E-state index in [-0.39, 0.29) is 16.9 Å². The van der Waals surface area contributed by atoms with E-state index >= 15 is 0 Å². The van der Waals surface area contributed by atoms with Gasteiger partial charge in [0.15, 0.2) is 5.78 Å². The van der Waals surface area contributed by atoms with Gasteiger partial charge in [-0.2, -0.15) is 0 Å². The Morgan fingerprint density at radius 3 is 1.97 bits per heavy atom. The van der Waals surface area contributed by atoms with Gasteiger partial charge in [0.2, 0.25) is 0 Å². The van der Waals surface area contributed by atoms with E-state index in [1.54, 1.807) is 0 Å². The summed E-state index contributed by atoms with van der Waals surface area (Å²) in [5.41, 5.74) is -0.538. The quantitative estimate of drug-likeness (QED) is 0.662. The van der Waals surface area contributed by atoms with Gasteiger partial charge < -0.3 is 9.16 Å². The first-order valence-electron chi connectivity index (χ1n) is 10.3. The van der Waals surface area contributed by atoms with E-state index in [0.29, 0.717) is 13.0 Å². The zero-order valence-corrected chi connectivity index (χ0v) is 19.1. The molecule has 29 heavy (non-hydrogen) atoms. The molecule has 2 aromatic rings. The van der Waals surface area contributed by atoms with Crippen molar-refractivity contribution in [2.45, 2.75) is 52.2 Å². The van der Waals surface area contributed by atoms with Gasteiger partial charge in [-0.05, 0) is 29.3 Å². The Morgan fingerprint density at radius 1 is 0.966 bits per heavy atom. The average Bonchev–Trinajstić information content (AvgIpc) is 2.69. The molecule has 1 atom stereocenters. The Kier molecular flexibility index (Phi) is 6.15. The zero-order chi connectivity index (χ0) is 21.1. The molecule has 4 heteroatoms. The van der Waals surface area contributed by atoms with Crippen LogP contribution in [0.1, 0.15) is 41.0 Å². The Hall–Kier alpha value is -2.17. The van der Waals surface area contributed by atoms with Crippen molar-refractivity contribution in [1.82, 2.24) is 0 Å². The SMILES string of the molecule is CC1(C)C(=O)C=CO[C@@H]1CCO[Si](c1ccccc1)(c1ccccc1)C(C)(C)C. The summed E-state index contributed by atoms with van der Waals surface area (Å²) in [6.07, 6.45) is 3.55. The predicted octanol–water partition coefficient (Wildman–Crippen LogP) is 4.46. The van der Waals surface area contributed by atoms with Gasteiger partial charge in [0, 0.05) is 19.1 Å². The van der Waals surface area contributed by atoms with Gasteiger partial charge in [-0.15, -0.1) is 0 Å². The van der Waals surface area contributed by atoms with Crippen molar-refractivity contribution in [2.75, 3.05) is 6.61 Å². The lowest BCUT2D eigenvalue weighted by molar-refractivity contribution is -0.131. The van der Waals surface area contributed by atoms with Crippen LogP contribution in [0.4, 0.5) is 0 Å². The number of allylic oxidation sites excluding steroid dienone is 1. The fourth-order valence-electron chi connectivity index (χ4n) is 4.25. The Bertz CT molecular complexity index is 811. The lowest BCUT2D eigenvalue weighted by Gasteiger charge is -2.43. The van der Waals surface area contributed by atoms with Gasteiger partial charge in [0.05, 0.1) is 11.7 Å². The van der Waals surface area contributed by atoms with Gasteiger partial charge in [0.25, 0.3) is 8.32 Å². The molecule has 0 spiro atoms. The molecule has 0 N–H and O–H groups in total. The second-order valence-electron chi connectivity index (χ2n) is 9.31. The summed E-state index contributed by atoms with van der Waals surface area (Å²) in [5, 5.41) is 2.46. The molecule has 0 saturated heterocycles. The standard InChI is InChI=1S/C25H32O3Si/c1-24(2,3)29(20-12-8-6-9-13-20,21-14-10-7-11-15-21)28-19-17-23-25(4,5)22(26)16-18-27-23/h6-16,18,23H,17,19H2,1-5H3/t23-/m1/s1. The van der Waals surface area contributed by atoms with E-state index in [4.69, 9.17) is 9.16 Å². The van der Waals surface area contributed by atoms with Crippen LogP contribution in [0, 0.1) is 5.41 Å². The fourth-order valence-corrected chi connectivity index (χ4v) is 8.83. The topological polar surface area (TPSA) is 35.5 Å². The molecule has 1 heterocycles. The second kappa shape index (κ2) is 8.29. The van der Waals surface area contributed by atoms with Crippen LogP contribution in [-0.2, 0) is 14.0 Å². The number of hydrogen-bond donors (Lipinski definition) is 0. The maximum absolute atomic E-state index is 12.3. The summed E-state index contributed by atoms with van der Waals surface area (Å²) in [6, 6.07) is 21.2. The molecule has 0 radical (unpaired) electrons. The lowest BCUT2D eigenvalue weighted by atomic mass is 9.79. The Labute approximate surface area is 175 Å². The number of rotatable bonds is 6. The smallest absolute Gasteiger partial charge is 0.261 e. The molecular formula is C25H32O3Si. The van der Waals surface area contributed by atoms with Crippen molar-refractivity contribution in [3.8, 4) is 0 Å². The van der Waals surface area contributed by atoms with Crippen LogP contribution in [0.2, 0.25) is 5.04 Å². The third-order valence-electron chi connectivity index (χ3n) is 6.02. The van der Waals surface area contributed by atoms with Gasteiger partial charge >= 0.3 is 0 Å². The number of ether oxygens (including phenoxy) is 1. The van der Waals surface area contributed by atoms with E-state index in [9.17, 15) is 4.79 Å². The predicted molar refractivity (Wildman–Crippen MR) is 121 cm³/mol. The van der Waals surface area contributed by atoms with Crippen molar-refractivity contribution in [2.24, 2.45) is 5.41 Å². The van der Waals surface area contributed by atoms with Crippen LogP contribution >= 0.6 is 0 Å². The maximum atomic E-state index is 12.3. The highest BCUT2D eigenvalue weighted by Gasteiger charge is 2.50. The summed E-state index contributed by atoms with van der Waals surface area (Å²) >= 11 is 0. The fraction of sp³-hybridized carbons (Fsp3) is 0.400. The summed E-state index contributed by atoms with van der Waals surface area (Å²) in [5.74, 6) is 0.110. The van der Waals surface area contributed by atoms with Gasteiger partial charge in [-0.1, -0.05) is 81.4 Å². The molecule has 2 aromatic carbocycles. The van der Waals surface area contributed by atoms with Crippen molar-refractivity contribution < 1.29 is 14.0 Å².